The summed E-state index contributed by atoms with van der Waals surface area (Å²) in [5.41, 5.74) is 1.78. The Hall–Kier alpha value is -1.46. The molecule has 4 nitrogen and oxygen atoms in total. The number of benzene rings is 1. The Labute approximate surface area is 124 Å². The zero-order valence-corrected chi connectivity index (χ0v) is 12.7. The largest absolute Gasteiger partial charge is 0.497 e. The van der Waals surface area contributed by atoms with Gasteiger partial charge in [-0.2, -0.15) is 0 Å². The van der Waals surface area contributed by atoms with E-state index in [-0.39, 0.29) is 5.66 Å². The minimum atomic E-state index is -0.182. The molecule has 3 rings (SSSR count). The summed E-state index contributed by atoms with van der Waals surface area (Å²) in [5, 5.41) is 3.44. The van der Waals surface area contributed by atoms with Crippen molar-refractivity contribution in [2.24, 2.45) is 4.99 Å². The van der Waals surface area contributed by atoms with Crippen molar-refractivity contribution in [1.29, 1.82) is 0 Å². The molecule has 2 heterocycles. The first-order valence-electron chi connectivity index (χ1n) is 6.87. The van der Waals surface area contributed by atoms with Gasteiger partial charge in [0, 0.05) is 31.5 Å². The molecule has 1 aromatic carbocycles. The van der Waals surface area contributed by atoms with Crippen molar-refractivity contribution >= 4 is 22.9 Å². The molecule has 1 saturated heterocycles. The predicted molar refractivity (Wildman–Crippen MR) is 84.7 cm³/mol. The molecule has 1 fully saturated rings. The van der Waals surface area contributed by atoms with Crippen LogP contribution in [-0.4, -0.2) is 48.5 Å². The first-order chi connectivity index (χ1) is 9.62. The highest BCUT2D eigenvalue weighted by Gasteiger charge is 2.39. The van der Waals surface area contributed by atoms with Crippen LogP contribution in [0.1, 0.15) is 18.4 Å². The number of rotatable bonds is 2. The van der Waals surface area contributed by atoms with E-state index in [1.54, 1.807) is 7.11 Å². The van der Waals surface area contributed by atoms with Gasteiger partial charge in [0.25, 0.3) is 0 Å². The van der Waals surface area contributed by atoms with Gasteiger partial charge in [-0.3, -0.25) is 4.99 Å². The molecule has 0 amide bonds. The molecule has 1 N–H and O–H groups in total. The Kier molecular flexibility index (Phi) is 3.48. The number of hydrogen-bond acceptors (Lipinski definition) is 4. The molecule has 0 saturated carbocycles. The van der Waals surface area contributed by atoms with E-state index in [4.69, 9.17) is 21.9 Å². The minimum Gasteiger partial charge on any atom is -0.497 e. The normalized spacial score (nSPS) is 21.7. The second-order valence-corrected chi connectivity index (χ2v) is 5.89. The smallest absolute Gasteiger partial charge is 0.133 e. The lowest BCUT2D eigenvalue weighted by Crippen LogP contribution is -2.49. The van der Waals surface area contributed by atoms with Crippen LogP contribution in [-0.2, 0) is 0 Å². The Balaban J connectivity index is 1.86. The Morgan fingerprint density at radius 2 is 1.90 bits per heavy atom. The van der Waals surface area contributed by atoms with Gasteiger partial charge in [-0.05, 0) is 31.3 Å². The molecule has 1 spiro atoms. The number of piperidine rings is 1. The zero-order chi connectivity index (χ0) is 14.2. The fraction of sp³-hybridized carbons (Fsp3) is 0.467. The van der Waals surface area contributed by atoms with Crippen molar-refractivity contribution in [3.63, 3.8) is 0 Å². The van der Waals surface area contributed by atoms with Gasteiger partial charge in [-0.15, -0.1) is 0 Å². The Bertz CT molecular complexity index is 545. The summed E-state index contributed by atoms with van der Waals surface area (Å²) in [6, 6.07) is 7.92. The predicted octanol–water partition coefficient (Wildman–Crippen LogP) is 1.84. The molecule has 0 radical (unpaired) electrons. The van der Waals surface area contributed by atoms with Gasteiger partial charge in [0.2, 0.25) is 0 Å². The lowest BCUT2D eigenvalue weighted by Gasteiger charge is -2.35. The van der Waals surface area contributed by atoms with E-state index in [1.807, 2.05) is 24.3 Å². The molecule has 0 bridgehead atoms. The van der Waals surface area contributed by atoms with Crippen molar-refractivity contribution in [3.05, 3.63) is 29.8 Å². The summed E-state index contributed by atoms with van der Waals surface area (Å²) in [6.07, 6.45) is 2.01. The van der Waals surface area contributed by atoms with Crippen LogP contribution in [0.3, 0.4) is 0 Å². The quantitative estimate of drug-likeness (QED) is 0.843. The van der Waals surface area contributed by atoms with Crippen LogP contribution in [0.5, 0.6) is 5.75 Å². The van der Waals surface area contributed by atoms with E-state index in [9.17, 15) is 0 Å². The lowest BCUT2D eigenvalue weighted by molar-refractivity contribution is 0.185. The zero-order valence-electron chi connectivity index (χ0n) is 11.8. The fourth-order valence-corrected chi connectivity index (χ4v) is 3.09. The van der Waals surface area contributed by atoms with E-state index < -0.39 is 0 Å². The number of aliphatic imine (C=N–C) groups is 1. The molecule has 5 heteroatoms. The summed E-state index contributed by atoms with van der Waals surface area (Å²) < 4.78 is 5.19. The van der Waals surface area contributed by atoms with Gasteiger partial charge in [0.05, 0.1) is 7.11 Å². The number of nitrogens with one attached hydrogen (secondary N) is 1. The standard InChI is InChI=1S/C15H19N3OS/c1-18-9-7-15(8-10-18)16-13(14(20)17-15)11-3-5-12(19-2)6-4-11/h3-6H,7-10H2,1-2H3,(H,17,20). The van der Waals surface area contributed by atoms with E-state index in [1.165, 1.54) is 0 Å². The van der Waals surface area contributed by atoms with Gasteiger partial charge in [-0.1, -0.05) is 12.2 Å². The number of ether oxygens (including phenoxy) is 1. The third kappa shape index (κ3) is 2.43. The molecule has 106 valence electrons. The van der Waals surface area contributed by atoms with Crippen LogP contribution < -0.4 is 10.1 Å². The molecule has 2 aliphatic rings. The van der Waals surface area contributed by atoms with Crippen LogP contribution in [0, 0.1) is 0 Å². The number of hydrogen-bond donors (Lipinski definition) is 1. The first-order valence-corrected chi connectivity index (χ1v) is 7.28. The highest BCUT2D eigenvalue weighted by Crippen LogP contribution is 2.29. The molecule has 0 unspecified atom stereocenters. The number of nitrogens with zero attached hydrogens (tertiary/aromatic N) is 2. The average molecular weight is 289 g/mol. The minimum absolute atomic E-state index is 0.182. The van der Waals surface area contributed by atoms with Crippen molar-refractivity contribution < 1.29 is 4.74 Å². The summed E-state index contributed by atoms with van der Waals surface area (Å²) >= 11 is 5.48. The molecule has 20 heavy (non-hydrogen) atoms. The van der Waals surface area contributed by atoms with Crippen molar-refractivity contribution in [3.8, 4) is 5.75 Å². The molecule has 0 atom stereocenters. The van der Waals surface area contributed by atoms with Crippen LogP contribution in [0.25, 0.3) is 0 Å². The summed E-state index contributed by atoms with van der Waals surface area (Å²) in [6.45, 7) is 2.10. The van der Waals surface area contributed by atoms with Crippen LogP contribution >= 0.6 is 12.2 Å². The summed E-state index contributed by atoms with van der Waals surface area (Å²) in [7, 11) is 3.82. The van der Waals surface area contributed by atoms with E-state index in [0.717, 1.165) is 47.9 Å². The highest BCUT2D eigenvalue weighted by molar-refractivity contribution is 7.82. The number of methoxy groups -OCH3 is 1. The average Bonchev–Trinajstić information content (AvgIpc) is 2.80. The van der Waals surface area contributed by atoms with Crippen LogP contribution in [0.15, 0.2) is 29.3 Å². The summed E-state index contributed by atoms with van der Waals surface area (Å²) in [4.78, 5) is 8.01. The topological polar surface area (TPSA) is 36.9 Å². The van der Waals surface area contributed by atoms with Crippen molar-refractivity contribution in [2.75, 3.05) is 27.2 Å². The monoisotopic (exact) mass is 289 g/mol. The Morgan fingerprint density at radius 1 is 1.25 bits per heavy atom. The lowest BCUT2D eigenvalue weighted by atomic mass is 9.99. The Morgan fingerprint density at radius 3 is 2.50 bits per heavy atom. The second-order valence-electron chi connectivity index (χ2n) is 5.48. The van der Waals surface area contributed by atoms with Crippen LogP contribution in [0.4, 0.5) is 0 Å². The number of thiocarbonyl (C=S) groups is 1. The van der Waals surface area contributed by atoms with Gasteiger partial charge >= 0.3 is 0 Å². The molecular weight excluding hydrogens is 270 g/mol. The van der Waals surface area contributed by atoms with Crippen LogP contribution in [0.2, 0.25) is 0 Å². The fourth-order valence-electron chi connectivity index (χ4n) is 2.73. The maximum atomic E-state index is 5.48. The van der Waals surface area contributed by atoms with E-state index in [0.29, 0.717) is 0 Å². The molecule has 0 aromatic heterocycles. The molecule has 0 aliphatic carbocycles. The van der Waals surface area contributed by atoms with Gasteiger partial charge in [-0.25, -0.2) is 0 Å². The van der Waals surface area contributed by atoms with Gasteiger partial charge in [0.1, 0.15) is 22.1 Å². The third-order valence-corrected chi connectivity index (χ3v) is 4.36. The highest BCUT2D eigenvalue weighted by atomic mass is 32.1. The molecular formula is C15H19N3OS. The first kappa shape index (κ1) is 13.5. The molecule has 2 aliphatic heterocycles. The van der Waals surface area contributed by atoms with Gasteiger partial charge in [0.15, 0.2) is 0 Å². The van der Waals surface area contributed by atoms with Crippen molar-refractivity contribution in [1.82, 2.24) is 10.2 Å². The van der Waals surface area contributed by atoms with Crippen molar-refractivity contribution in [2.45, 2.75) is 18.5 Å². The maximum absolute atomic E-state index is 5.48. The van der Waals surface area contributed by atoms with Gasteiger partial charge < -0.3 is 15.0 Å². The van der Waals surface area contributed by atoms with E-state index in [2.05, 4.69) is 17.3 Å². The number of likely N-dealkylation sites (tertiary alicyclic amines) is 1. The summed E-state index contributed by atoms with van der Waals surface area (Å²) in [5.74, 6) is 0.847. The maximum Gasteiger partial charge on any atom is 0.133 e. The molecule has 1 aromatic rings. The SMILES string of the molecule is COc1ccc(C2=NC3(CCN(C)CC3)NC2=S)cc1. The third-order valence-electron chi connectivity index (χ3n) is 4.06. The second kappa shape index (κ2) is 5.14. The van der Waals surface area contributed by atoms with E-state index >= 15 is 0 Å².